The SMILES string of the molecule is C=C(C)c1ccc([SiH2]C(OC(C)C)OC(C)C)cc1. The van der Waals surface area contributed by atoms with Gasteiger partial charge < -0.3 is 9.47 Å². The van der Waals surface area contributed by atoms with Crippen LogP contribution >= 0.6 is 0 Å². The van der Waals surface area contributed by atoms with E-state index in [2.05, 4.69) is 58.5 Å². The summed E-state index contributed by atoms with van der Waals surface area (Å²) in [5.74, 6) is -0.0457. The van der Waals surface area contributed by atoms with Crippen molar-refractivity contribution in [2.75, 3.05) is 0 Å². The molecule has 0 aliphatic rings. The van der Waals surface area contributed by atoms with Gasteiger partial charge in [0.1, 0.15) is 15.4 Å². The van der Waals surface area contributed by atoms with Gasteiger partial charge >= 0.3 is 0 Å². The normalized spacial score (nSPS) is 12.2. The smallest absolute Gasteiger partial charge is 0.140 e. The Morgan fingerprint density at radius 3 is 1.84 bits per heavy atom. The third-order valence-corrected chi connectivity index (χ3v) is 4.36. The third-order valence-electron chi connectivity index (χ3n) is 2.70. The lowest BCUT2D eigenvalue weighted by Crippen LogP contribution is -2.36. The van der Waals surface area contributed by atoms with Gasteiger partial charge in [-0.2, -0.15) is 0 Å². The summed E-state index contributed by atoms with van der Waals surface area (Å²) in [5, 5.41) is 1.36. The maximum atomic E-state index is 5.86. The molecule has 0 fully saturated rings. The minimum absolute atomic E-state index is 0.0457. The second-order valence-electron chi connectivity index (χ2n) is 5.48. The van der Waals surface area contributed by atoms with Crippen LogP contribution in [0.5, 0.6) is 0 Å². The molecule has 0 aromatic heterocycles. The van der Waals surface area contributed by atoms with Gasteiger partial charge in [-0.3, -0.25) is 0 Å². The van der Waals surface area contributed by atoms with E-state index in [1.807, 2.05) is 6.92 Å². The predicted octanol–water partition coefficient (Wildman–Crippen LogP) is 2.65. The average Bonchev–Trinajstić information content (AvgIpc) is 2.27. The summed E-state index contributed by atoms with van der Waals surface area (Å²) >= 11 is 0. The first-order valence-corrected chi connectivity index (χ1v) is 8.46. The molecule has 0 N–H and O–H groups in total. The zero-order valence-corrected chi connectivity index (χ0v) is 14.2. The van der Waals surface area contributed by atoms with Crippen LogP contribution in [0.25, 0.3) is 5.57 Å². The number of benzene rings is 1. The fraction of sp³-hybridized carbons (Fsp3) is 0.500. The van der Waals surface area contributed by atoms with Crippen LogP contribution in [-0.2, 0) is 9.47 Å². The van der Waals surface area contributed by atoms with Crippen molar-refractivity contribution in [1.82, 2.24) is 0 Å². The summed E-state index contributed by atoms with van der Waals surface area (Å²) in [6, 6.07) is 8.62. The quantitative estimate of drug-likeness (QED) is 0.564. The van der Waals surface area contributed by atoms with E-state index in [1.54, 1.807) is 0 Å². The highest BCUT2D eigenvalue weighted by Crippen LogP contribution is 2.09. The van der Waals surface area contributed by atoms with Crippen LogP contribution in [0.1, 0.15) is 40.2 Å². The average molecular weight is 278 g/mol. The van der Waals surface area contributed by atoms with Crippen molar-refractivity contribution in [3.8, 4) is 0 Å². The lowest BCUT2D eigenvalue weighted by Gasteiger charge is -2.23. The van der Waals surface area contributed by atoms with Crippen LogP contribution in [0.2, 0.25) is 0 Å². The maximum absolute atomic E-state index is 5.86. The van der Waals surface area contributed by atoms with E-state index in [0.717, 1.165) is 5.57 Å². The van der Waals surface area contributed by atoms with Gasteiger partial charge in [-0.15, -0.1) is 0 Å². The molecular formula is C16H26O2Si. The molecule has 0 spiro atoms. The fourth-order valence-corrected chi connectivity index (χ4v) is 3.71. The van der Waals surface area contributed by atoms with E-state index >= 15 is 0 Å². The molecule has 0 atom stereocenters. The highest BCUT2D eigenvalue weighted by Gasteiger charge is 2.15. The second kappa shape index (κ2) is 7.63. The van der Waals surface area contributed by atoms with E-state index in [1.165, 1.54) is 10.8 Å². The Balaban J connectivity index is 2.69. The molecule has 0 unspecified atom stereocenters. The largest absolute Gasteiger partial charge is 0.354 e. The molecule has 0 saturated heterocycles. The highest BCUT2D eigenvalue weighted by molar-refractivity contribution is 6.54. The molecule has 0 amide bonds. The molecule has 1 aromatic carbocycles. The first-order chi connectivity index (χ1) is 8.88. The second-order valence-corrected chi connectivity index (χ2v) is 7.37. The van der Waals surface area contributed by atoms with Gasteiger partial charge in [-0.25, -0.2) is 0 Å². The minimum Gasteiger partial charge on any atom is -0.354 e. The van der Waals surface area contributed by atoms with Crippen LogP contribution < -0.4 is 5.19 Å². The lowest BCUT2D eigenvalue weighted by atomic mass is 10.1. The summed E-state index contributed by atoms with van der Waals surface area (Å²) in [5.41, 5.74) is 2.30. The molecule has 3 heteroatoms. The van der Waals surface area contributed by atoms with Gasteiger partial charge in [0, 0.05) is 0 Å². The standard InChI is InChI=1S/C16H26O2Si/c1-11(2)14-7-9-15(10-8-14)19-16(17-12(3)4)18-13(5)6/h7-10,12-13,16H,1,19H2,2-6H3. The van der Waals surface area contributed by atoms with Crippen LogP contribution in [0.3, 0.4) is 0 Å². The van der Waals surface area contributed by atoms with Crippen molar-refractivity contribution in [2.45, 2.75) is 52.7 Å². The summed E-state index contributed by atoms with van der Waals surface area (Å²) in [4.78, 5) is 0. The van der Waals surface area contributed by atoms with Crippen LogP contribution in [0, 0.1) is 0 Å². The van der Waals surface area contributed by atoms with Crippen molar-refractivity contribution >= 4 is 20.3 Å². The molecule has 106 valence electrons. The number of ether oxygens (including phenoxy) is 2. The van der Waals surface area contributed by atoms with Crippen LogP contribution in [0.15, 0.2) is 30.8 Å². The molecule has 19 heavy (non-hydrogen) atoms. The van der Waals surface area contributed by atoms with E-state index < -0.39 is 9.52 Å². The lowest BCUT2D eigenvalue weighted by molar-refractivity contribution is -0.133. The predicted molar refractivity (Wildman–Crippen MR) is 85.6 cm³/mol. The summed E-state index contributed by atoms with van der Waals surface area (Å²) < 4.78 is 11.7. The molecule has 1 aromatic rings. The van der Waals surface area contributed by atoms with Crippen LogP contribution in [-0.4, -0.2) is 27.6 Å². The Morgan fingerprint density at radius 2 is 1.47 bits per heavy atom. The molecule has 0 saturated carbocycles. The number of rotatable bonds is 7. The minimum atomic E-state index is -0.598. The maximum Gasteiger partial charge on any atom is 0.140 e. The van der Waals surface area contributed by atoms with Gasteiger partial charge in [-0.05, 0) is 40.2 Å². The summed E-state index contributed by atoms with van der Waals surface area (Å²) in [7, 11) is -0.598. The van der Waals surface area contributed by atoms with Crippen molar-refractivity contribution < 1.29 is 9.47 Å². The molecule has 0 heterocycles. The molecular weight excluding hydrogens is 252 g/mol. The molecule has 0 bridgehead atoms. The van der Waals surface area contributed by atoms with Crippen LogP contribution in [0.4, 0.5) is 0 Å². The topological polar surface area (TPSA) is 18.5 Å². The zero-order chi connectivity index (χ0) is 14.4. The van der Waals surface area contributed by atoms with E-state index in [9.17, 15) is 0 Å². The molecule has 0 aliphatic carbocycles. The molecule has 0 radical (unpaired) electrons. The summed E-state index contributed by atoms with van der Waals surface area (Å²) in [6.45, 7) is 14.2. The van der Waals surface area contributed by atoms with E-state index in [4.69, 9.17) is 9.47 Å². The first-order valence-electron chi connectivity index (χ1n) is 6.94. The van der Waals surface area contributed by atoms with Crippen molar-refractivity contribution in [3.63, 3.8) is 0 Å². The molecule has 2 nitrogen and oxygen atoms in total. The van der Waals surface area contributed by atoms with Gasteiger partial charge in [-0.1, -0.05) is 41.6 Å². The molecule has 1 rings (SSSR count). The fourth-order valence-electron chi connectivity index (χ4n) is 1.85. The Labute approximate surface area is 119 Å². The van der Waals surface area contributed by atoms with Gasteiger partial charge in [0.25, 0.3) is 0 Å². The monoisotopic (exact) mass is 278 g/mol. The van der Waals surface area contributed by atoms with Crippen molar-refractivity contribution in [1.29, 1.82) is 0 Å². The van der Waals surface area contributed by atoms with E-state index in [0.29, 0.717) is 0 Å². The number of hydrogen-bond acceptors (Lipinski definition) is 2. The number of hydrogen-bond donors (Lipinski definition) is 0. The van der Waals surface area contributed by atoms with Gasteiger partial charge in [0.15, 0.2) is 0 Å². The number of allylic oxidation sites excluding steroid dienone is 1. The Kier molecular flexibility index (Phi) is 6.49. The van der Waals surface area contributed by atoms with Crippen molar-refractivity contribution in [3.05, 3.63) is 36.4 Å². The molecule has 0 aliphatic heterocycles. The van der Waals surface area contributed by atoms with Gasteiger partial charge in [0.05, 0.1) is 12.2 Å². The highest BCUT2D eigenvalue weighted by atomic mass is 28.2. The third kappa shape index (κ3) is 6.19. The summed E-state index contributed by atoms with van der Waals surface area (Å²) in [6.07, 6.45) is 0.400. The van der Waals surface area contributed by atoms with Gasteiger partial charge in [0.2, 0.25) is 0 Å². The Morgan fingerprint density at radius 1 is 1.00 bits per heavy atom. The Bertz CT molecular complexity index is 386. The van der Waals surface area contributed by atoms with Crippen molar-refractivity contribution in [2.24, 2.45) is 0 Å². The Hall–Kier alpha value is -0.903. The zero-order valence-electron chi connectivity index (χ0n) is 12.8. The first kappa shape index (κ1) is 16.2. The van der Waals surface area contributed by atoms with E-state index in [-0.39, 0.29) is 18.1 Å².